The highest BCUT2D eigenvalue weighted by molar-refractivity contribution is 6.21. The molecule has 1 aliphatic heterocycles. The summed E-state index contributed by atoms with van der Waals surface area (Å²) in [6, 6.07) is 7.69. The fourth-order valence-electron chi connectivity index (χ4n) is 3.38. The van der Waals surface area contributed by atoms with E-state index in [-0.39, 0.29) is 35.5 Å². The molecule has 1 aliphatic rings. The molecule has 2 heterocycles. The number of hydrogen-bond acceptors (Lipinski definition) is 5. The molecule has 0 saturated carbocycles. The summed E-state index contributed by atoms with van der Waals surface area (Å²) in [5.74, 6) is -1.69. The lowest BCUT2D eigenvalue weighted by Crippen LogP contribution is -2.33. The Kier molecular flexibility index (Phi) is 5.25. The van der Waals surface area contributed by atoms with Gasteiger partial charge in [-0.1, -0.05) is 11.6 Å². The van der Waals surface area contributed by atoms with Gasteiger partial charge in [0.25, 0.3) is 11.8 Å². The van der Waals surface area contributed by atoms with Crippen LogP contribution in [0, 0.1) is 6.92 Å². The average Bonchev–Trinajstić information content (AvgIpc) is 3.34. The van der Waals surface area contributed by atoms with Crippen molar-refractivity contribution in [3.8, 4) is 5.69 Å². The summed E-state index contributed by atoms with van der Waals surface area (Å²) in [5, 5.41) is 6.30. The fraction of sp³-hybridized carbons (Fsp3) is 0.190. The molecule has 0 atom stereocenters. The van der Waals surface area contributed by atoms with Gasteiger partial charge >= 0.3 is 6.18 Å². The first-order valence-electron chi connectivity index (χ1n) is 9.48. The predicted octanol–water partition coefficient (Wildman–Crippen LogP) is 3.22. The summed E-state index contributed by atoms with van der Waals surface area (Å²) in [5.41, 5.74) is 0.435. The molecule has 8 nitrogen and oxygen atoms in total. The molecule has 0 spiro atoms. The minimum absolute atomic E-state index is 0.131. The van der Waals surface area contributed by atoms with Gasteiger partial charge in [-0.15, -0.1) is 0 Å². The number of nitrogens with zero attached hydrogens (tertiary/aromatic N) is 4. The smallest absolute Gasteiger partial charge is 0.324 e. The maximum atomic E-state index is 13.1. The number of carbonyl (C=O) groups is 3. The van der Waals surface area contributed by atoms with Gasteiger partial charge in [-0.25, -0.2) is 9.67 Å². The number of anilines is 1. The number of carbonyl (C=O) groups excluding carboxylic acids is 3. The monoisotopic (exact) mass is 443 g/mol. The van der Waals surface area contributed by atoms with Crippen LogP contribution in [0.1, 0.15) is 38.3 Å². The average molecular weight is 443 g/mol. The zero-order chi connectivity index (χ0) is 23.0. The van der Waals surface area contributed by atoms with Crippen LogP contribution in [-0.2, 0) is 11.0 Å². The zero-order valence-corrected chi connectivity index (χ0v) is 16.7. The van der Waals surface area contributed by atoms with Gasteiger partial charge in [0.15, 0.2) is 0 Å². The Labute approximate surface area is 179 Å². The molecule has 2 aromatic carbocycles. The van der Waals surface area contributed by atoms with Crippen molar-refractivity contribution < 1.29 is 27.6 Å². The van der Waals surface area contributed by atoms with Crippen molar-refractivity contribution in [1.29, 1.82) is 0 Å². The number of nitrogens with one attached hydrogen (secondary N) is 1. The second kappa shape index (κ2) is 7.91. The molecule has 0 radical (unpaired) electrons. The van der Waals surface area contributed by atoms with Gasteiger partial charge in [-0.05, 0) is 37.3 Å². The van der Waals surface area contributed by atoms with E-state index in [2.05, 4.69) is 15.4 Å². The Balaban J connectivity index is 1.51. The van der Waals surface area contributed by atoms with Gasteiger partial charge in [0, 0.05) is 13.0 Å². The molecule has 11 heteroatoms. The summed E-state index contributed by atoms with van der Waals surface area (Å²) < 4.78 is 40.7. The Morgan fingerprint density at radius 1 is 1.06 bits per heavy atom. The molecule has 3 amide bonds. The van der Waals surface area contributed by atoms with Crippen LogP contribution < -0.4 is 5.32 Å². The number of alkyl halides is 3. The molecule has 4 rings (SSSR count). The number of benzene rings is 2. The summed E-state index contributed by atoms with van der Waals surface area (Å²) in [4.78, 5) is 42.2. The number of hydrogen-bond donors (Lipinski definition) is 1. The Morgan fingerprint density at radius 2 is 1.81 bits per heavy atom. The minimum Gasteiger partial charge on any atom is -0.324 e. The first-order chi connectivity index (χ1) is 15.1. The van der Waals surface area contributed by atoms with E-state index in [9.17, 15) is 27.6 Å². The largest absolute Gasteiger partial charge is 0.416 e. The molecule has 0 unspecified atom stereocenters. The molecule has 1 N–H and O–H groups in total. The van der Waals surface area contributed by atoms with E-state index in [1.807, 2.05) is 0 Å². The second-order valence-electron chi connectivity index (χ2n) is 7.18. The van der Waals surface area contributed by atoms with Crippen molar-refractivity contribution in [2.24, 2.45) is 0 Å². The van der Waals surface area contributed by atoms with Crippen molar-refractivity contribution in [2.75, 3.05) is 11.9 Å². The maximum absolute atomic E-state index is 13.1. The number of fused-ring (bicyclic) bond motifs is 1. The van der Waals surface area contributed by atoms with Crippen LogP contribution in [0.5, 0.6) is 0 Å². The minimum atomic E-state index is -4.61. The van der Waals surface area contributed by atoms with E-state index in [0.717, 1.165) is 22.6 Å². The molecular formula is C21H16F3N5O3. The molecule has 0 saturated heterocycles. The maximum Gasteiger partial charge on any atom is 0.416 e. The Hall–Kier alpha value is -4.02. The molecule has 3 aromatic rings. The molecule has 164 valence electrons. The summed E-state index contributed by atoms with van der Waals surface area (Å²) in [6.07, 6.45) is -2.43. The van der Waals surface area contributed by atoms with Crippen molar-refractivity contribution >= 4 is 23.4 Å². The highest BCUT2D eigenvalue weighted by Gasteiger charge is 2.35. The van der Waals surface area contributed by atoms with Crippen LogP contribution in [0.4, 0.5) is 18.9 Å². The Bertz CT molecular complexity index is 1220. The van der Waals surface area contributed by atoms with Crippen LogP contribution in [0.3, 0.4) is 0 Å². The lowest BCUT2D eigenvalue weighted by molar-refractivity contribution is -0.137. The normalized spacial score (nSPS) is 13.4. The topological polar surface area (TPSA) is 97.2 Å². The Morgan fingerprint density at radius 3 is 2.50 bits per heavy atom. The van der Waals surface area contributed by atoms with E-state index in [0.29, 0.717) is 0 Å². The van der Waals surface area contributed by atoms with E-state index < -0.39 is 29.5 Å². The third-order valence-corrected chi connectivity index (χ3v) is 4.95. The van der Waals surface area contributed by atoms with E-state index in [4.69, 9.17) is 0 Å². The van der Waals surface area contributed by atoms with Crippen LogP contribution in [0.25, 0.3) is 5.69 Å². The fourth-order valence-corrected chi connectivity index (χ4v) is 3.38. The molecule has 0 bridgehead atoms. The van der Waals surface area contributed by atoms with E-state index in [1.165, 1.54) is 23.4 Å². The highest BCUT2D eigenvalue weighted by Crippen LogP contribution is 2.33. The zero-order valence-electron chi connectivity index (χ0n) is 16.7. The van der Waals surface area contributed by atoms with Crippen LogP contribution in [0.2, 0.25) is 0 Å². The number of imide groups is 1. The van der Waals surface area contributed by atoms with Gasteiger partial charge in [-0.2, -0.15) is 18.3 Å². The number of halogens is 3. The standard InChI is InChI=1S/C21H16F3N5O3/c1-12-2-4-14-15(8-12)20(32)28(19(14)31)7-6-18(30)27-16-9-13(21(22,23)24)3-5-17(16)29-11-25-10-26-29/h2-5,8-11H,6-7H2,1H3,(H,27,30). The third kappa shape index (κ3) is 3.96. The van der Waals surface area contributed by atoms with Crippen LogP contribution in [-0.4, -0.2) is 43.9 Å². The first-order valence-corrected chi connectivity index (χ1v) is 9.48. The van der Waals surface area contributed by atoms with Crippen LogP contribution >= 0.6 is 0 Å². The predicted molar refractivity (Wildman–Crippen MR) is 106 cm³/mol. The highest BCUT2D eigenvalue weighted by atomic mass is 19.4. The van der Waals surface area contributed by atoms with Gasteiger partial charge < -0.3 is 5.32 Å². The van der Waals surface area contributed by atoms with Crippen LogP contribution in [0.15, 0.2) is 49.1 Å². The molecular weight excluding hydrogens is 427 g/mol. The second-order valence-corrected chi connectivity index (χ2v) is 7.18. The van der Waals surface area contributed by atoms with Gasteiger partial charge in [-0.3, -0.25) is 19.3 Å². The lowest BCUT2D eigenvalue weighted by Gasteiger charge is -2.16. The van der Waals surface area contributed by atoms with Gasteiger partial charge in [0.2, 0.25) is 5.91 Å². The molecule has 0 fully saturated rings. The quantitative estimate of drug-likeness (QED) is 0.611. The third-order valence-electron chi connectivity index (χ3n) is 4.95. The molecule has 32 heavy (non-hydrogen) atoms. The molecule has 1 aromatic heterocycles. The first kappa shape index (κ1) is 21.2. The van der Waals surface area contributed by atoms with Crippen molar-refractivity contribution in [2.45, 2.75) is 19.5 Å². The number of rotatable bonds is 5. The number of amides is 3. The lowest BCUT2D eigenvalue weighted by atomic mass is 10.1. The van der Waals surface area contributed by atoms with Crippen molar-refractivity contribution in [3.63, 3.8) is 0 Å². The number of aryl methyl sites for hydroxylation is 1. The van der Waals surface area contributed by atoms with Gasteiger partial charge in [0.05, 0.1) is 28.1 Å². The molecule has 0 aliphatic carbocycles. The SMILES string of the molecule is Cc1ccc2c(c1)C(=O)N(CCC(=O)Nc1cc(C(F)(F)F)ccc1-n1cncn1)C2=O. The van der Waals surface area contributed by atoms with E-state index in [1.54, 1.807) is 25.1 Å². The summed E-state index contributed by atoms with van der Waals surface area (Å²) in [7, 11) is 0. The van der Waals surface area contributed by atoms with Crippen molar-refractivity contribution in [1.82, 2.24) is 19.7 Å². The van der Waals surface area contributed by atoms with Crippen molar-refractivity contribution in [3.05, 3.63) is 71.3 Å². The van der Waals surface area contributed by atoms with E-state index >= 15 is 0 Å². The summed E-state index contributed by atoms with van der Waals surface area (Å²) >= 11 is 0. The number of aromatic nitrogens is 3. The van der Waals surface area contributed by atoms with Gasteiger partial charge in [0.1, 0.15) is 12.7 Å². The summed E-state index contributed by atoms with van der Waals surface area (Å²) in [6.45, 7) is 1.57.